The lowest BCUT2D eigenvalue weighted by atomic mass is 10.1. The van der Waals surface area contributed by atoms with Gasteiger partial charge < -0.3 is 9.88 Å². The number of carbonyl (C=O) groups excluding carboxylic acids is 1. The highest BCUT2D eigenvalue weighted by molar-refractivity contribution is 9.10. The van der Waals surface area contributed by atoms with Crippen molar-refractivity contribution in [2.24, 2.45) is 0 Å². The van der Waals surface area contributed by atoms with Crippen LogP contribution in [0.3, 0.4) is 0 Å². The Labute approximate surface area is 138 Å². The lowest BCUT2D eigenvalue weighted by Gasteiger charge is -2.14. The van der Waals surface area contributed by atoms with Crippen molar-refractivity contribution in [1.29, 1.82) is 0 Å². The summed E-state index contributed by atoms with van der Waals surface area (Å²) in [4.78, 5) is 23.7. The van der Waals surface area contributed by atoms with Crippen molar-refractivity contribution in [2.75, 3.05) is 0 Å². The van der Waals surface area contributed by atoms with E-state index in [4.69, 9.17) is 0 Å². The summed E-state index contributed by atoms with van der Waals surface area (Å²) in [6.45, 7) is 2.01. The standard InChI is InChI=1S/C17H19BrN2O2/c1-13(7-8-14-5-3-2-4-6-14)19-16(21)12-20-11-15(18)9-10-17(20)22/h2-6,9-11,13H,7-8,12H2,1H3,(H,19,21)/t13-/m1/s1. The fourth-order valence-corrected chi connectivity index (χ4v) is 2.58. The molecule has 1 N–H and O–H groups in total. The van der Waals surface area contributed by atoms with Crippen LogP contribution in [0.15, 0.2) is 57.9 Å². The zero-order valence-corrected chi connectivity index (χ0v) is 14.0. The van der Waals surface area contributed by atoms with Gasteiger partial charge in [-0.1, -0.05) is 30.3 Å². The number of aryl methyl sites for hydroxylation is 1. The third-order valence-corrected chi connectivity index (χ3v) is 3.85. The lowest BCUT2D eigenvalue weighted by molar-refractivity contribution is -0.122. The summed E-state index contributed by atoms with van der Waals surface area (Å²) in [6.07, 6.45) is 3.40. The van der Waals surface area contributed by atoms with Crippen LogP contribution in [0, 0.1) is 0 Å². The highest BCUT2D eigenvalue weighted by Gasteiger charge is 2.09. The smallest absolute Gasteiger partial charge is 0.251 e. The average Bonchev–Trinajstić information content (AvgIpc) is 2.50. The molecule has 22 heavy (non-hydrogen) atoms. The molecule has 1 amide bonds. The molecule has 0 radical (unpaired) electrons. The van der Waals surface area contributed by atoms with E-state index in [1.807, 2.05) is 25.1 Å². The van der Waals surface area contributed by atoms with Gasteiger partial charge in [0, 0.05) is 22.8 Å². The maximum absolute atomic E-state index is 12.0. The van der Waals surface area contributed by atoms with Crippen LogP contribution in [-0.4, -0.2) is 16.5 Å². The van der Waals surface area contributed by atoms with Gasteiger partial charge in [0.15, 0.2) is 0 Å². The van der Waals surface area contributed by atoms with E-state index in [2.05, 4.69) is 33.4 Å². The number of amides is 1. The zero-order valence-electron chi connectivity index (χ0n) is 12.5. The van der Waals surface area contributed by atoms with Gasteiger partial charge in [-0.25, -0.2) is 0 Å². The highest BCUT2D eigenvalue weighted by Crippen LogP contribution is 2.06. The number of hydrogen-bond acceptors (Lipinski definition) is 2. The van der Waals surface area contributed by atoms with E-state index in [9.17, 15) is 9.59 Å². The minimum absolute atomic E-state index is 0.0357. The van der Waals surface area contributed by atoms with E-state index < -0.39 is 0 Å². The molecule has 0 spiro atoms. The number of nitrogens with one attached hydrogen (secondary N) is 1. The second kappa shape index (κ2) is 7.94. The lowest BCUT2D eigenvalue weighted by Crippen LogP contribution is -2.37. The molecule has 4 nitrogen and oxygen atoms in total. The minimum atomic E-state index is -0.185. The number of nitrogens with zero attached hydrogens (tertiary/aromatic N) is 1. The van der Waals surface area contributed by atoms with Gasteiger partial charge >= 0.3 is 0 Å². The monoisotopic (exact) mass is 362 g/mol. The average molecular weight is 363 g/mol. The summed E-state index contributed by atoms with van der Waals surface area (Å²) in [6, 6.07) is 13.3. The third kappa shape index (κ3) is 5.15. The maximum Gasteiger partial charge on any atom is 0.251 e. The Bertz CT molecular complexity index is 683. The molecule has 1 aromatic carbocycles. The molecule has 0 aliphatic rings. The predicted molar refractivity (Wildman–Crippen MR) is 90.8 cm³/mol. The van der Waals surface area contributed by atoms with Crippen molar-refractivity contribution in [3.05, 3.63) is 69.1 Å². The van der Waals surface area contributed by atoms with Crippen LogP contribution in [-0.2, 0) is 17.8 Å². The number of benzene rings is 1. The predicted octanol–water partition coefficient (Wildman–Crippen LogP) is 2.75. The van der Waals surface area contributed by atoms with Gasteiger partial charge in [0.05, 0.1) is 0 Å². The van der Waals surface area contributed by atoms with Crippen LogP contribution in [0.4, 0.5) is 0 Å². The van der Waals surface area contributed by atoms with Gasteiger partial charge in [0.25, 0.3) is 5.56 Å². The Balaban J connectivity index is 1.83. The number of rotatable bonds is 6. The van der Waals surface area contributed by atoms with E-state index in [0.29, 0.717) is 0 Å². The summed E-state index contributed by atoms with van der Waals surface area (Å²) < 4.78 is 2.17. The summed E-state index contributed by atoms with van der Waals surface area (Å²) in [5.41, 5.74) is 1.07. The van der Waals surface area contributed by atoms with Crippen molar-refractivity contribution in [2.45, 2.75) is 32.4 Å². The topological polar surface area (TPSA) is 51.1 Å². The van der Waals surface area contributed by atoms with Gasteiger partial charge in [0.2, 0.25) is 5.91 Å². The van der Waals surface area contributed by atoms with Crippen LogP contribution >= 0.6 is 15.9 Å². The molecule has 0 bridgehead atoms. The largest absolute Gasteiger partial charge is 0.352 e. The molecule has 2 aromatic rings. The van der Waals surface area contributed by atoms with Crippen LogP contribution in [0.25, 0.3) is 0 Å². The first-order valence-electron chi connectivity index (χ1n) is 7.24. The summed E-state index contributed by atoms with van der Waals surface area (Å²) in [7, 11) is 0. The fraction of sp³-hybridized carbons (Fsp3) is 0.294. The van der Waals surface area contributed by atoms with Crippen molar-refractivity contribution < 1.29 is 4.79 Å². The van der Waals surface area contributed by atoms with Crippen molar-refractivity contribution in [1.82, 2.24) is 9.88 Å². The molecule has 1 heterocycles. The summed E-state index contributed by atoms with van der Waals surface area (Å²) in [5.74, 6) is -0.152. The molecule has 0 aliphatic carbocycles. The fourth-order valence-electron chi connectivity index (χ4n) is 2.20. The van der Waals surface area contributed by atoms with Crippen LogP contribution in [0.1, 0.15) is 18.9 Å². The van der Waals surface area contributed by atoms with Crippen LogP contribution in [0.2, 0.25) is 0 Å². The minimum Gasteiger partial charge on any atom is -0.352 e. The Morgan fingerprint density at radius 1 is 1.23 bits per heavy atom. The Morgan fingerprint density at radius 2 is 1.95 bits per heavy atom. The zero-order chi connectivity index (χ0) is 15.9. The molecule has 0 saturated carbocycles. The van der Waals surface area contributed by atoms with Gasteiger partial charge in [-0.05, 0) is 47.3 Å². The Hall–Kier alpha value is -1.88. The van der Waals surface area contributed by atoms with E-state index in [-0.39, 0.29) is 24.1 Å². The van der Waals surface area contributed by atoms with Crippen molar-refractivity contribution >= 4 is 21.8 Å². The summed E-state index contributed by atoms with van der Waals surface area (Å²) in [5, 5.41) is 2.93. The molecular formula is C17H19BrN2O2. The Kier molecular flexibility index (Phi) is 5.95. The Morgan fingerprint density at radius 3 is 2.68 bits per heavy atom. The van der Waals surface area contributed by atoms with Gasteiger partial charge in [-0.15, -0.1) is 0 Å². The van der Waals surface area contributed by atoms with Crippen LogP contribution in [0.5, 0.6) is 0 Å². The number of carbonyl (C=O) groups is 1. The second-order valence-corrected chi connectivity index (χ2v) is 6.22. The third-order valence-electron chi connectivity index (χ3n) is 3.38. The first-order valence-corrected chi connectivity index (χ1v) is 8.03. The number of pyridine rings is 1. The molecule has 2 rings (SSSR count). The van der Waals surface area contributed by atoms with Crippen molar-refractivity contribution in [3.63, 3.8) is 0 Å². The second-order valence-electron chi connectivity index (χ2n) is 5.31. The maximum atomic E-state index is 12.0. The molecular weight excluding hydrogens is 344 g/mol. The normalized spacial score (nSPS) is 11.9. The molecule has 0 aliphatic heterocycles. The molecule has 1 aromatic heterocycles. The number of hydrogen-bond donors (Lipinski definition) is 1. The first-order chi connectivity index (χ1) is 10.5. The summed E-state index contributed by atoms with van der Waals surface area (Å²) >= 11 is 3.30. The van der Waals surface area contributed by atoms with Gasteiger partial charge in [-0.3, -0.25) is 9.59 Å². The van der Waals surface area contributed by atoms with E-state index in [1.165, 1.54) is 16.2 Å². The van der Waals surface area contributed by atoms with Gasteiger partial charge in [0.1, 0.15) is 6.54 Å². The molecule has 116 valence electrons. The van der Waals surface area contributed by atoms with Crippen LogP contribution < -0.4 is 10.9 Å². The van der Waals surface area contributed by atoms with Crippen molar-refractivity contribution in [3.8, 4) is 0 Å². The van der Waals surface area contributed by atoms with E-state index >= 15 is 0 Å². The molecule has 1 atom stereocenters. The first kappa shape index (κ1) is 16.5. The molecule has 0 saturated heterocycles. The number of aromatic nitrogens is 1. The molecule has 0 fully saturated rings. The number of halogens is 1. The highest BCUT2D eigenvalue weighted by atomic mass is 79.9. The molecule has 0 unspecified atom stereocenters. The quantitative estimate of drug-likeness (QED) is 0.858. The van der Waals surface area contributed by atoms with Gasteiger partial charge in [-0.2, -0.15) is 0 Å². The van der Waals surface area contributed by atoms with E-state index in [1.54, 1.807) is 12.3 Å². The van der Waals surface area contributed by atoms with E-state index in [0.717, 1.165) is 17.3 Å². The SMILES string of the molecule is C[C@H](CCc1ccccc1)NC(=O)Cn1cc(Br)ccc1=O. The molecule has 5 heteroatoms.